The van der Waals surface area contributed by atoms with E-state index >= 15 is 0 Å². The van der Waals surface area contributed by atoms with Crippen molar-refractivity contribution < 1.29 is 19.1 Å². The van der Waals surface area contributed by atoms with Crippen LogP contribution in [0.4, 0.5) is 4.79 Å². The Morgan fingerprint density at radius 2 is 2.00 bits per heavy atom. The van der Waals surface area contributed by atoms with Crippen LogP contribution in [0.25, 0.3) is 0 Å². The van der Waals surface area contributed by atoms with Crippen molar-refractivity contribution in [3.8, 4) is 0 Å². The number of hydrogen-bond acceptors (Lipinski definition) is 4. The molecule has 6 heteroatoms. The lowest BCUT2D eigenvalue weighted by Crippen LogP contribution is -2.44. The molecule has 2 fully saturated rings. The molecule has 1 heterocycles. The van der Waals surface area contributed by atoms with Crippen LogP contribution in [-0.2, 0) is 14.3 Å². The number of hydrogen-bond donors (Lipinski definition) is 0. The molecule has 2 aliphatic rings. The summed E-state index contributed by atoms with van der Waals surface area (Å²) >= 11 is 5.42. The van der Waals surface area contributed by atoms with Crippen molar-refractivity contribution in [1.29, 1.82) is 0 Å². The molecular formula is C13H20ClNO4. The molecule has 5 nitrogen and oxygen atoms in total. The minimum absolute atomic E-state index is 0.104. The van der Waals surface area contributed by atoms with Gasteiger partial charge in [0.2, 0.25) is 0 Å². The summed E-state index contributed by atoms with van der Waals surface area (Å²) < 4.78 is 10.2. The van der Waals surface area contributed by atoms with E-state index in [0.29, 0.717) is 13.0 Å². The largest absolute Gasteiger partial charge is 0.448 e. The normalized spacial score (nSPS) is 24.4. The Hall–Kier alpha value is -0.970. The maximum absolute atomic E-state index is 12.2. The molecule has 1 atom stereocenters. The van der Waals surface area contributed by atoms with E-state index in [9.17, 15) is 9.59 Å². The first-order valence-corrected chi connectivity index (χ1v) is 7.02. The number of likely N-dealkylation sites (tertiary alicyclic amines) is 1. The zero-order valence-corrected chi connectivity index (χ0v) is 12.3. The smallest absolute Gasteiger partial charge is 0.411 e. The summed E-state index contributed by atoms with van der Waals surface area (Å²) in [5.74, 6) is -0.440. The standard InChI is InChI=1S/C13H20ClNO4/c1-12(2,3)19-11(17)15-7-13(4-5-13)6-9(15)10(16)18-8-14/h9H,4-8H2,1-3H3. The molecular weight excluding hydrogens is 270 g/mol. The molecule has 0 aromatic carbocycles. The van der Waals surface area contributed by atoms with E-state index in [2.05, 4.69) is 0 Å². The summed E-state index contributed by atoms with van der Waals surface area (Å²) in [6, 6.07) is -0.749. The van der Waals surface area contributed by atoms with Gasteiger partial charge >= 0.3 is 12.1 Å². The summed E-state index contributed by atoms with van der Waals surface area (Å²) in [5, 5.41) is 0. The molecule has 1 spiro atoms. The van der Waals surface area contributed by atoms with Crippen LogP contribution in [-0.4, -0.2) is 41.2 Å². The van der Waals surface area contributed by atoms with Gasteiger partial charge in [-0.05, 0) is 45.4 Å². The van der Waals surface area contributed by atoms with Gasteiger partial charge in [-0.3, -0.25) is 4.90 Å². The van der Waals surface area contributed by atoms with Gasteiger partial charge in [0, 0.05) is 6.54 Å². The number of carbonyl (C=O) groups excluding carboxylic acids is 2. The first-order valence-electron chi connectivity index (χ1n) is 6.49. The molecule has 0 aromatic rings. The fourth-order valence-corrected chi connectivity index (χ4v) is 2.58. The van der Waals surface area contributed by atoms with Crippen molar-refractivity contribution >= 4 is 23.7 Å². The second-order valence-corrected chi connectivity index (χ2v) is 6.62. The molecule has 1 saturated carbocycles. The summed E-state index contributed by atoms with van der Waals surface area (Å²) in [5.41, 5.74) is -0.468. The predicted octanol–water partition coefficient (Wildman–Crippen LogP) is 2.52. The molecule has 2 rings (SSSR count). The second kappa shape index (κ2) is 4.85. The van der Waals surface area contributed by atoms with E-state index < -0.39 is 23.7 Å². The van der Waals surface area contributed by atoms with Crippen molar-refractivity contribution in [2.24, 2.45) is 5.41 Å². The Morgan fingerprint density at radius 3 is 2.47 bits per heavy atom. The molecule has 108 valence electrons. The van der Waals surface area contributed by atoms with Crippen LogP contribution in [0.5, 0.6) is 0 Å². The van der Waals surface area contributed by atoms with Crippen molar-refractivity contribution in [2.45, 2.75) is 51.7 Å². The lowest BCUT2D eigenvalue weighted by molar-refractivity contribution is -0.146. The third-order valence-corrected chi connectivity index (χ3v) is 3.67. The van der Waals surface area contributed by atoms with Crippen molar-refractivity contribution in [3.05, 3.63) is 0 Å². The molecule has 0 radical (unpaired) electrons. The minimum Gasteiger partial charge on any atom is -0.448 e. The molecule has 1 aliphatic heterocycles. The van der Waals surface area contributed by atoms with Gasteiger partial charge in [0.25, 0.3) is 0 Å². The Morgan fingerprint density at radius 1 is 1.37 bits per heavy atom. The third-order valence-electron chi connectivity index (χ3n) is 3.56. The topological polar surface area (TPSA) is 55.8 Å². The SMILES string of the molecule is CC(C)(C)OC(=O)N1CC2(CC2)CC1C(=O)OCCl. The van der Waals surface area contributed by atoms with Gasteiger partial charge in [-0.25, -0.2) is 9.59 Å². The summed E-state index contributed by atoms with van der Waals surface area (Å²) in [4.78, 5) is 25.5. The highest BCUT2D eigenvalue weighted by Crippen LogP contribution is 2.55. The first kappa shape index (κ1) is 14.4. The molecule has 0 aromatic heterocycles. The van der Waals surface area contributed by atoms with E-state index in [-0.39, 0.29) is 11.5 Å². The quantitative estimate of drug-likeness (QED) is 0.579. The summed E-state index contributed by atoms with van der Waals surface area (Å²) in [7, 11) is 0. The van der Waals surface area contributed by atoms with Crippen LogP contribution in [0.1, 0.15) is 40.0 Å². The van der Waals surface area contributed by atoms with E-state index in [4.69, 9.17) is 21.1 Å². The van der Waals surface area contributed by atoms with Gasteiger partial charge in [0.15, 0.2) is 6.07 Å². The number of rotatable bonds is 2. The van der Waals surface area contributed by atoms with E-state index in [1.54, 1.807) is 20.8 Å². The molecule has 1 amide bonds. The van der Waals surface area contributed by atoms with Crippen LogP contribution in [0.3, 0.4) is 0 Å². The van der Waals surface area contributed by atoms with Crippen LogP contribution in [0.15, 0.2) is 0 Å². The number of alkyl halides is 1. The van der Waals surface area contributed by atoms with E-state index in [1.165, 1.54) is 4.90 Å². The van der Waals surface area contributed by atoms with Crippen molar-refractivity contribution in [2.75, 3.05) is 12.6 Å². The highest BCUT2D eigenvalue weighted by Gasteiger charge is 2.56. The van der Waals surface area contributed by atoms with Crippen molar-refractivity contribution in [3.63, 3.8) is 0 Å². The maximum Gasteiger partial charge on any atom is 0.411 e. The number of halogens is 1. The molecule has 1 saturated heterocycles. The fourth-order valence-electron chi connectivity index (χ4n) is 2.47. The zero-order chi connectivity index (χ0) is 14.3. The molecule has 0 N–H and O–H groups in total. The second-order valence-electron chi connectivity index (χ2n) is 6.40. The van der Waals surface area contributed by atoms with E-state index in [1.807, 2.05) is 0 Å². The summed E-state index contributed by atoms with van der Waals surface area (Å²) in [6.45, 7) is 5.99. The summed E-state index contributed by atoms with van der Waals surface area (Å²) in [6.07, 6.45) is 2.31. The van der Waals surface area contributed by atoms with Crippen LogP contribution >= 0.6 is 11.6 Å². The average Bonchev–Trinajstić information content (AvgIpc) is 2.87. The van der Waals surface area contributed by atoms with Gasteiger partial charge in [-0.1, -0.05) is 11.6 Å². The zero-order valence-electron chi connectivity index (χ0n) is 11.6. The molecule has 1 aliphatic carbocycles. The Bertz CT molecular complexity index is 387. The number of amides is 1. The van der Waals surface area contributed by atoms with E-state index in [0.717, 1.165) is 12.8 Å². The molecule has 0 bridgehead atoms. The van der Waals surface area contributed by atoms with Crippen LogP contribution in [0.2, 0.25) is 0 Å². The van der Waals surface area contributed by atoms with Gasteiger partial charge < -0.3 is 9.47 Å². The predicted molar refractivity (Wildman–Crippen MR) is 69.8 cm³/mol. The van der Waals surface area contributed by atoms with Crippen LogP contribution < -0.4 is 0 Å². The van der Waals surface area contributed by atoms with Crippen molar-refractivity contribution in [1.82, 2.24) is 4.90 Å². The number of ether oxygens (including phenoxy) is 2. The average molecular weight is 290 g/mol. The lowest BCUT2D eigenvalue weighted by atomic mass is 10.0. The van der Waals surface area contributed by atoms with Gasteiger partial charge in [-0.2, -0.15) is 0 Å². The Kier molecular flexibility index (Phi) is 3.69. The highest BCUT2D eigenvalue weighted by molar-refractivity contribution is 6.17. The number of esters is 1. The maximum atomic E-state index is 12.2. The minimum atomic E-state index is -0.572. The molecule has 19 heavy (non-hydrogen) atoms. The Balaban J connectivity index is 2.07. The van der Waals surface area contributed by atoms with Crippen LogP contribution in [0, 0.1) is 5.41 Å². The highest BCUT2D eigenvalue weighted by atomic mass is 35.5. The van der Waals surface area contributed by atoms with Gasteiger partial charge in [0.1, 0.15) is 11.6 Å². The Labute approximate surface area is 118 Å². The monoisotopic (exact) mass is 289 g/mol. The third kappa shape index (κ3) is 3.32. The fraction of sp³-hybridized carbons (Fsp3) is 0.846. The first-order chi connectivity index (χ1) is 8.76. The lowest BCUT2D eigenvalue weighted by Gasteiger charge is -2.27. The van der Waals surface area contributed by atoms with Gasteiger partial charge in [-0.15, -0.1) is 0 Å². The number of nitrogens with zero attached hydrogens (tertiary/aromatic N) is 1. The molecule has 1 unspecified atom stereocenters. The van der Waals surface area contributed by atoms with Gasteiger partial charge in [0.05, 0.1) is 0 Å². The number of carbonyl (C=O) groups is 2.